The van der Waals surface area contributed by atoms with Gasteiger partial charge in [0, 0.05) is 25.9 Å². The molecule has 147 heavy (non-hydrogen) atoms. The molecular formula is C100H174N28O19. The van der Waals surface area contributed by atoms with Crippen molar-refractivity contribution in [1.29, 1.82) is 10.8 Å². The van der Waals surface area contributed by atoms with E-state index in [1.165, 1.54) is 41.5 Å². The van der Waals surface area contributed by atoms with Crippen molar-refractivity contribution < 1.29 is 91.4 Å². The maximum absolute atomic E-state index is 14.9. The first-order valence-corrected chi connectivity index (χ1v) is 51.1. The summed E-state index contributed by atoms with van der Waals surface area (Å²) in [4.78, 5) is 257. The summed E-state index contributed by atoms with van der Waals surface area (Å²) in [6, 6.07) is -4.30. The lowest BCUT2D eigenvalue weighted by molar-refractivity contribution is -0.138. The molecular weight excluding hydrogens is 1900 g/mol. The molecule has 0 aliphatic rings. The monoisotopic (exact) mass is 2070 g/mol. The van der Waals surface area contributed by atoms with Crippen LogP contribution in [0.4, 0.5) is 0 Å². The quantitative estimate of drug-likeness (QED) is 0.0180. The van der Waals surface area contributed by atoms with Crippen LogP contribution in [0.25, 0.3) is 0 Å². The second-order valence-corrected chi connectivity index (χ2v) is 41.1. The van der Waals surface area contributed by atoms with Crippen LogP contribution in [0.5, 0.6) is 0 Å². The molecule has 0 aliphatic heterocycles. The Balaban J connectivity index is 2.46. The van der Waals surface area contributed by atoms with Crippen molar-refractivity contribution in [2.45, 2.75) is 361 Å². The van der Waals surface area contributed by atoms with E-state index in [1.807, 2.05) is 41.5 Å². The Morgan fingerprint density at radius 1 is 0.299 bits per heavy atom. The van der Waals surface area contributed by atoms with Crippen LogP contribution in [0.1, 0.15) is 251 Å². The summed E-state index contributed by atoms with van der Waals surface area (Å²) in [7, 11) is 0. The summed E-state index contributed by atoms with van der Waals surface area (Å²) in [5.41, 5.74) is 37.7. The fourth-order valence-corrected chi connectivity index (χ4v) is 15.5. The van der Waals surface area contributed by atoms with Gasteiger partial charge in [0.15, 0.2) is 11.9 Å². The molecule has 0 aliphatic carbocycles. The molecule has 16 atom stereocenters. The molecule has 0 saturated heterocycles. The number of hydrogen-bond acceptors (Lipinski definition) is 25. The molecule has 0 spiro atoms. The van der Waals surface area contributed by atoms with Crippen LogP contribution >= 0.6 is 0 Å². The highest BCUT2D eigenvalue weighted by Gasteiger charge is 2.43. The van der Waals surface area contributed by atoms with Gasteiger partial charge in [-0.2, -0.15) is 0 Å². The number of aliphatic hydroxyl groups is 1. The van der Waals surface area contributed by atoms with Gasteiger partial charge in [-0.15, -0.1) is 0 Å². The second-order valence-electron chi connectivity index (χ2n) is 41.1. The molecule has 36 N–H and O–H groups in total. The van der Waals surface area contributed by atoms with E-state index < -0.39 is 233 Å². The molecule has 0 aromatic heterocycles. The number of rotatable bonds is 71. The van der Waals surface area contributed by atoms with Crippen molar-refractivity contribution in [3.63, 3.8) is 0 Å². The predicted molar refractivity (Wildman–Crippen MR) is 558 cm³/mol. The van der Waals surface area contributed by atoms with Crippen molar-refractivity contribution in [2.24, 2.45) is 75.6 Å². The molecule has 47 heteroatoms. The molecule has 0 bridgehead atoms. The largest absolute Gasteiger partial charge is 0.394 e. The summed E-state index contributed by atoms with van der Waals surface area (Å²) in [5, 5.41) is 76.5. The highest BCUT2D eigenvalue weighted by Crippen LogP contribution is 2.20. The molecule has 2 rings (SSSR count). The topological polar surface area (TPSA) is 786 Å². The standard InChI is InChI=1S/C100H174N28O19/c1-55(2)47-70(79(105)130)117-88(139)71(48-56(3)4)119-85(136)68(41-32-46-111-98(108)109)115-86(137)69(39-27-30-44-103)124-95(146)99(15,16)127-92(143)74(51-59(9)10)120-84(135)66(38-26-29-43-102)114-83(134)67(40-31-45-110-97(106)107)116-89(140)73(50-58(7)8)125-96(147)100(17,18)128-93(144)77(54-129)123-81(132)62(14)112-80(131)61(13)113-87(138)75(52-63-33-21-19-22-34-63)121-90(141)76(53-64-35-23-20-24-36-64)122-94(145)78(60(11)12)126-91(142)72(49-57(5)6)118-82(133)65(104)37-25-28-42-101/h19-24,33-36,55-62,65-78,129H,25-32,37-54,101-104H2,1-18H3,(H2,105,130)(H,112,131)(H,113,138)(H,114,134)(H,115,137)(H,116,140)(H,117,139)(H,118,133)(H,119,136)(H,120,135)(H,121,141)(H,122,145)(H,123,132)(H,124,146)(H,125,147)(H,126,142)(H,127,143)(H,128,144)(H4,106,107,110)(H4,108,109,111)/t61-,62-,65-,66-,67-,68-,69-,70-,71-,72-,73-,74-,75-,76-,77-,78-/m0/s1. The number of amides is 18. The zero-order valence-electron chi connectivity index (χ0n) is 89.2. The maximum atomic E-state index is 14.9. The van der Waals surface area contributed by atoms with Crippen molar-refractivity contribution in [1.82, 2.24) is 101 Å². The normalized spacial score (nSPS) is 14.8. The minimum absolute atomic E-state index is 0.0155. The van der Waals surface area contributed by atoms with Gasteiger partial charge in [0.2, 0.25) is 106 Å². The lowest BCUT2D eigenvalue weighted by atomic mass is 9.98. The number of carbonyl (C=O) groups is 18. The third kappa shape index (κ3) is 50.9. The third-order valence-electron chi connectivity index (χ3n) is 23.8. The molecule has 0 unspecified atom stereocenters. The Labute approximate surface area is 865 Å². The van der Waals surface area contributed by atoms with Crippen molar-refractivity contribution in [3.05, 3.63) is 71.8 Å². The Morgan fingerprint density at radius 3 is 0.925 bits per heavy atom. The molecule has 0 heterocycles. The Hall–Kier alpha value is -12.8. The van der Waals surface area contributed by atoms with Crippen LogP contribution in [0, 0.1) is 46.3 Å². The van der Waals surface area contributed by atoms with Crippen LogP contribution in [0.15, 0.2) is 60.7 Å². The van der Waals surface area contributed by atoms with Gasteiger partial charge in [-0.25, -0.2) is 0 Å². The summed E-state index contributed by atoms with van der Waals surface area (Å²) in [6.07, 6.45) is 2.98. The van der Waals surface area contributed by atoms with E-state index in [0.717, 1.165) is 0 Å². The molecule has 47 nitrogen and oxygen atoms in total. The van der Waals surface area contributed by atoms with E-state index in [9.17, 15) is 91.4 Å². The summed E-state index contributed by atoms with van der Waals surface area (Å²) in [5.74, 6) is -17.5. The van der Waals surface area contributed by atoms with Gasteiger partial charge in [-0.05, 0) is 217 Å². The van der Waals surface area contributed by atoms with Crippen LogP contribution in [-0.2, 0) is 99.1 Å². The van der Waals surface area contributed by atoms with Gasteiger partial charge in [0.1, 0.15) is 102 Å². The SMILES string of the molecule is CC(C)C[C@H](NC(=O)[C@H](CC(C)C)NC(=O)[C@H](CCCNC(=N)N)NC(=O)[C@H](CCCCN)NC(=O)C(C)(C)NC(=O)[C@H](CC(C)C)NC(=O)[C@H](CCCCN)NC(=O)[C@H](CCCNC(=N)N)NC(=O)[C@H](CC(C)C)NC(=O)C(C)(C)NC(=O)[C@H](CO)NC(=O)[C@H](C)NC(=O)[C@H](C)NC(=O)[C@H](Cc1ccccc1)NC(=O)[C@H](Cc1ccccc1)NC(=O)[C@@H](NC(=O)[C@H](CC(C)C)NC(=O)[C@@H](N)CCCCN)C(C)C)C(N)=O. The van der Waals surface area contributed by atoms with E-state index in [4.69, 9.17) is 51.0 Å². The van der Waals surface area contributed by atoms with Gasteiger partial charge in [0.25, 0.3) is 0 Å². The highest BCUT2D eigenvalue weighted by molar-refractivity contribution is 6.03. The maximum Gasteiger partial charge on any atom is 0.245 e. The van der Waals surface area contributed by atoms with Crippen molar-refractivity contribution in [3.8, 4) is 0 Å². The minimum atomic E-state index is -1.96. The van der Waals surface area contributed by atoms with Gasteiger partial charge >= 0.3 is 0 Å². The number of benzene rings is 2. The first kappa shape index (κ1) is 130. The van der Waals surface area contributed by atoms with E-state index in [2.05, 4.69) is 101 Å². The van der Waals surface area contributed by atoms with E-state index in [0.29, 0.717) is 56.2 Å². The number of nitrogens with one attached hydrogen (secondary N) is 21. The molecule has 828 valence electrons. The zero-order valence-corrected chi connectivity index (χ0v) is 89.2. The molecule has 0 radical (unpaired) electrons. The number of unbranched alkanes of at least 4 members (excludes halogenated alkanes) is 3. The minimum Gasteiger partial charge on any atom is -0.394 e. The first-order chi connectivity index (χ1) is 68.9. The lowest BCUT2D eigenvalue weighted by Crippen LogP contribution is -2.64. The Kier molecular flexibility index (Phi) is 59.5. The summed E-state index contributed by atoms with van der Waals surface area (Å²) >= 11 is 0. The van der Waals surface area contributed by atoms with Gasteiger partial charge in [0.05, 0.1) is 12.6 Å². The van der Waals surface area contributed by atoms with Crippen LogP contribution in [0.3, 0.4) is 0 Å². The van der Waals surface area contributed by atoms with Crippen LogP contribution < -0.4 is 141 Å². The van der Waals surface area contributed by atoms with Gasteiger partial charge in [-0.1, -0.05) is 150 Å². The van der Waals surface area contributed by atoms with E-state index in [1.54, 1.807) is 102 Å². The second kappa shape index (κ2) is 67.2. The molecule has 0 saturated carbocycles. The predicted octanol–water partition coefficient (Wildman–Crippen LogP) is -2.82. The molecule has 18 amide bonds. The summed E-state index contributed by atoms with van der Waals surface area (Å²) < 4.78 is 0. The fraction of sp³-hybridized carbons (Fsp3) is 0.680. The molecule has 0 fully saturated rings. The lowest BCUT2D eigenvalue weighted by Gasteiger charge is -2.32. The zero-order chi connectivity index (χ0) is 111. The van der Waals surface area contributed by atoms with E-state index in [-0.39, 0.29) is 152 Å². The number of carbonyl (C=O) groups excluding carboxylic acids is 18. The number of hydrogen-bond donors (Lipinski definition) is 29. The fourth-order valence-electron chi connectivity index (χ4n) is 15.5. The number of aliphatic hydroxyl groups excluding tert-OH is 1. The summed E-state index contributed by atoms with van der Waals surface area (Å²) in [6.45, 7) is 29.0. The average molecular weight is 2070 g/mol. The van der Waals surface area contributed by atoms with Crippen LogP contribution in [0.2, 0.25) is 0 Å². The highest BCUT2D eigenvalue weighted by atomic mass is 16.3. The average Bonchev–Trinajstić information content (AvgIpc) is 0.844. The van der Waals surface area contributed by atoms with Crippen LogP contribution in [-0.4, -0.2) is 270 Å². The van der Waals surface area contributed by atoms with E-state index >= 15 is 0 Å². The van der Waals surface area contributed by atoms with Gasteiger partial charge in [-0.3, -0.25) is 97.1 Å². The first-order valence-electron chi connectivity index (χ1n) is 51.1. The molecule has 2 aromatic carbocycles. The Bertz CT molecular complexity index is 4580. The number of guanidine groups is 2. The third-order valence-corrected chi connectivity index (χ3v) is 23.8. The van der Waals surface area contributed by atoms with Crippen molar-refractivity contribution in [2.75, 3.05) is 39.3 Å². The van der Waals surface area contributed by atoms with Crippen molar-refractivity contribution >= 4 is 118 Å². The smallest absolute Gasteiger partial charge is 0.245 e. The Morgan fingerprint density at radius 2 is 0.565 bits per heavy atom. The molecule has 2 aromatic rings. The number of nitrogens with two attached hydrogens (primary N) is 7. The number of primary amides is 1. The van der Waals surface area contributed by atoms with Gasteiger partial charge < -0.3 is 146 Å².